The van der Waals surface area contributed by atoms with Crippen molar-refractivity contribution in [1.29, 1.82) is 5.41 Å². The van der Waals surface area contributed by atoms with Gasteiger partial charge in [0.15, 0.2) is 0 Å². The summed E-state index contributed by atoms with van der Waals surface area (Å²) in [7, 11) is 0. The highest BCUT2D eigenvalue weighted by molar-refractivity contribution is 5.88. The lowest BCUT2D eigenvalue weighted by atomic mass is 9.70. The van der Waals surface area contributed by atoms with Gasteiger partial charge in [0.05, 0.1) is 0 Å². The van der Waals surface area contributed by atoms with Crippen molar-refractivity contribution in [2.24, 2.45) is 5.41 Å². The van der Waals surface area contributed by atoms with Gasteiger partial charge in [-0.3, -0.25) is 5.41 Å². The maximum Gasteiger partial charge on any atom is 0.129 e. The first kappa shape index (κ1) is 14.8. The second kappa shape index (κ2) is 5.82. The van der Waals surface area contributed by atoms with Crippen molar-refractivity contribution in [3.05, 3.63) is 0 Å². The van der Waals surface area contributed by atoms with Crippen LogP contribution in [0, 0.1) is 10.8 Å². The molecule has 0 radical (unpaired) electrons. The smallest absolute Gasteiger partial charge is 0.129 e. The Kier molecular flexibility index (Phi) is 4.54. The van der Waals surface area contributed by atoms with Gasteiger partial charge in [-0.25, -0.2) is 0 Å². The van der Waals surface area contributed by atoms with Crippen molar-refractivity contribution in [2.45, 2.75) is 71.3 Å². The van der Waals surface area contributed by atoms with Gasteiger partial charge < -0.3 is 9.64 Å². The van der Waals surface area contributed by atoms with Gasteiger partial charge in [0.1, 0.15) is 11.4 Å². The van der Waals surface area contributed by atoms with Crippen LogP contribution in [0.4, 0.5) is 0 Å². The van der Waals surface area contributed by atoms with Gasteiger partial charge >= 0.3 is 0 Å². The van der Waals surface area contributed by atoms with Crippen LogP contribution in [-0.2, 0) is 4.74 Å². The molecule has 110 valence electrons. The Hall–Kier alpha value is -0.570. The van der Waals surface area contributed by atoms with E-state index in [4.69, 9.17) is 10.1 Å². The fourth-order valence-corrected chi connectivity index (χ4v) is 3.46. The van der Waals surface area contributed by atoms with Gasteiger partial charge in [0, 0.05) is 19.7 Å². The minimum absolute atomic E-state index is 0.290. The second-order valence-electron chi connectivity index (χ2n) is 6.99. The highest BCUT2D eigenvalue weighted by atomic mass is 16.5. The van der Waals surface area contributed by atoms with Crippen LogP contribution in [0.3, 0.4) is 0 Å². The Balaban J connectivity index is 2.08. The second-order valence-corrected chi connectivity index (χ2v) is 6.99. The fraction of sp³-hybridized carbons (Fsp3) is 0.938. The Morgan fingerprint density at radius 3 is 2.16 bits per heavy atom. The summed E-state index contributed by atoms with van der Waals surface area (Å²) in [6.45, 7) is 9.57. The topological polar surface area (TPSA) is 36.3 Å². The zero-order valence-corrected chi connectivity index (χ0v) is 12.9. The Morgan fingerprint density at radius 2 is 1.63 bits per heavy atom. The molecule has 1 N–H and O–H groups in total. The molecular weight excluding hydrogens is 236 g/mol. The summed E-state index contributed by atoms with van der Waals surface area (Å²) < 4.78 is 6.11. The maximum absolute atomic E-state index is 8.66. The van der Waals surface area contributed by atoms with Gasteiger partial charge in [0.25, 0.3) is 0 Å². The van der Waals surface area contributed by atoms with Crippen LogP contribution in [0.5, 0.6) is 0 Å². The van der Waals surface area contributed by atoms with Crippen LogP contribution in [-0.4, -0.2) is 36.0 Å². The molecule has 19 heavy (non-hydrogen) atoms. The molecule has 1 aliphatic heterocycles. The molecule has 0 aromatic heterocycles. The van der Waals surface area contributed by atoms with Gasteiger partial charge in [-0.1, -0.05) is 13.8 Å². The average Bonchev–Trinajstić information content (AvgIpc) is 2.42. The van der Waals surface area contributed by atoms with Gasteiger partial charge in [-0.05, 0) is 57.3 Å². The van der Waals surface area contributed by atoms with Crippen LogP contribution >= 0.6 is 0 Å². The fourth-order valence-electron chi connectivity index (χ4n) is 3.46. The van der Waals surface area contributed by atoms with E-state index in [1.807, 2.05) is 0 Å². The lowest BCUT2D eigenvalue weighted by Crippen LogP contribution is -2.54. The largest absolute Gasteiger partial charge is 0.367 e. The van der Waals surface area contributed by atoms with Gasteiger partial charge in [-0.15, -0.1) is 0 Å². The lowest BCUT2D eigenvalue weighted by molar-refractivity contribution is -0.0420. The van der Waals surface area contributed by atoms with Crippen molar-refractivity contribution in [3.8, 4) is 0 Å². The van der Waals surface area contributed by atoms with E-state index in [2.05, 4.69) is 25.7 Å². The molecule has 0 aromatic rings. The Bertz CT molecular complexity index is 309. The van der Waals surface area contributed by atoms with Crippen LogP contribution in [0.25, 0.3) is 0 Å². The molecule has 2 aliphatic rings. The molecule has 0 amide bonds. The number of rotatable bonds is 3. The highest BCUT2D eigenvalue weighted by Gasteiger charge is 2.44. The first-order chi connectivity index (χ1) is 8.99. The minimum atomic E-state index is -0.290. The Morgan fingerprint density at radius 1 is 1.05 bits per heavy atom. The van der Waals surface area contributed by atoms with Crippen LogP contribution in [0.15, 0.2) is 0 Å². The molecule has 1 aliphatic carbocycles. The number of nitrogens with zero attached hydrogens (tertiary/aromatic N) is 1. The molecule has 1 saturated carbocycles. The summed E-state index contributed by atoms with van der Waals surface area (Å²) in [5, 5.41) is 8.66. The summed E-state index contributed by atoms with van der Waals surface area (Å²) in [6.07, 6.45) is 8.16. The molecule has 0 atom stereocenters. The highest BCUT2D eigenvalue weighted by Crippen LogP contribution is 2.43. The standard InChI is InChI=1S/C16H30N2O/c1-4-19-16(10-8-15(2,3)9-11-16)14(17)18-12-6-5-7-13-18/h17H,4-13H2,1-3H3. The summed E-state index contributed by atoms with van der Waals surface area (Å²) in [6, 6.07) is 0. The number of hydrogen-bond donors (Lipinski definition) is 1. The maximum atomic E-state index is 8.66. The van der Waals surface area contributed by atoms with Gasteiger partial charge in [0.2, 0.25) is 0 Å². The third-order valence-electron chi connectivity index (χ3n) is 4.94. The van der Waals surface area contributed by atoms with Crippen molar-refractivity contribution in [1.82, 2.24) is 4.90 Å². The zero-order chi connectivity index (χ0) is 13.9. The summed E-state index contributed by atoms with van der Waals surface area (Å²) >= 11 is 0. The molecule has 1 heterocycles. The predicted molar refractivity (Wildman–Crippen MR) is 79.8 cm³/mol. The quantitative estimate of drug-likeness (QED) is 0.622. The van der Waals surface area contributed by atoms with Crippen LogP contribution in [0.1, 0.15) is 65.7 Å². The van der Waals surface area contributed by atoms with E-state index in [-0.39, 0.29) is 5.60 Å². The van der Waals surface area contributed by atoms with E-state index < -0.39 is 0 Å². The summed E-state index contributed by atoms with van der Waals surface area (Å²) in [4.78, 5) is 2.28. The molecule has 3 nitrogen and oxygen atoms in total. The van der Waals surface area contributed by atoms with E-state index >= 15 is 0 Å². The molecule has 2 fully saturated rings. The van der Waals surface area contributed by atoms with Gasteiger partial charge in [-0.2, -0.15) is 0 Å². The summed E-state index contributed by atoms with van der Waals surface area (Å²) in [5.74, 6) is 0.768. The Labute approximate surface area is 118 Å². The first-order valence-electron chi connectivity index (χ1n) is 7.97. The molecule has 3 heteroatoms. The minimum Gasteiger partial charge on any atom is -0.367 e. The lowest BCUT2D eigenvalue weighted by Gasteiger charge is -2.46. The number of hydrogen-bond acceptors (Lipinski definition) is 2. The predicted octanol–water partition coefficient (Wildman–Crippen LogP) is 3.83. The number of ether oxygens (including phenoxy) is 1. The normalized spacial score (nSPS) is 26.2. The van der Waals surface area contributed by atoms with Crippen molar-refractivity contribution < 1.29 is 4.74 Å². The molecule has 1 saturated heterocycles. The number of amidine groups is 1. The van der Waals surface area contributed by atoms with Crippen LogP contribution in [0.2, 0.25) is 0 Å². The molecular formula is C16H30N2O. The number of nitrogens with one attached hydrogen (secondary N) is 1. The molecule has 0 unspecified atom stereocenters. The molecule has 0 spiro atoms. The van der Waals surface area contributed by atoms with E-state index in [1.165, 1.54) is 32.1 Å². The number of likely N-dealkylation sites (tertiary alicyclic amines) is 1. The van der Waals surface area contributed by atoms with E-state index in [0.29, 0.717) is 5.41 Å². The molecule has 0 bridgehead atoms. The summed E-state index contributed by atoms with van der Waals surface area (Å²) in [5.41, 5.74) is 0.129. The van der Waals surface area contributed by atoms with E-state index in [9.17, 15) is 0 Å². The molecule has 2 rings (SSSR count). The third-order valence-corrected chi connectivity index (χ3v) is 4.94. The van der Waals surface area contributed by atoms with E-state index in [1.54, 1.807) is 0 Å². The zero-order valence-electron chi connectivity index (χ0n) is 12.9. The third kappa shape index (κ3) is 3.31. The average molecular weight is 266 g/mol. The SMILES string of the molecule is CCOC1(C(=N)N2CCCCC2)CCC(C)(C)CC1. The molecule has 0 aromatic carbocycles. The van der Waals surface area contributed by atoms with Crippen molar-refractivity contribution in [3.63, 3.8) is 0 Å². The van der Waals surface area contributed by atoms with Crippen molar-refractivity contribution >= 4 is 5.84 Å². The monoisotopic (exact) mass is 266 g/mol. The first-order valence-corrected chi connectivity index (χ1v) is 7.97. The number of piperidine rings is 1. The van der Waals surface area contributed by atoms with Crippen LogP contribution < -0.4 is 0 Å². The van der Waals surface area contributed by atoms with Crippen molar-refractivity contribution in [2.75, 3.05) is 19.7 Å². The van der Waals surface area contributed by atoms with E-state index in [0.717, 1.165) is 38.4 Å².